The van der Waals surface area contributed by atoms with Crippen LogP contribution in [0.3, 0.4) is 0 Å². The summed E-state index contributed by atoms with van der Waals surface area (Å²) in [6.07, 6.45) is 4.18. The second kappa shape index (κ2) is 6.06. The van der Waals surface area contributed by atoms with E-state index in [4.69, 9.17) is 5.73 Å². The summed E-state index contributed by atoms with van der Waals surface area (Å²) in [4.78, 5) is 24.0. The average molecular weight is 271 g/mol. The molecule has 5 nitrogen and oxygen atoms in total. The molecule has 0 bridgehead atoms. The number of aromatic nitrogens is 1. The van der Waals surface area contributed by atoms with Crippen molar-refractivity contribution in [2.24, 2.45) is 5.73 Å². The SMILES string of the molecule is CN(CC(N)=O)C(=O)Cc1ccc(-n2cccc2)cc1. The van der Waals surface area contributed by atoms with E-state index in [-0.39, 0.29) is 18.9 Å². The molecule has 0 aliphatic rings. The van der Waals surface area contributed by atoms with E-state index in [0.717, 1.165) is 11.3 Å². The molecule has 0 saturated carbocycles. The van der Waals surface area contributed by atoms with E-state index in [1.807, 2.05) is 53.4 Å². The third-order valence-electron chi connectivity index (χ3n) is 3.01. The van der Waals surface area contributed by atoms with Crippen molar-refractivity contribution in [3.05, 3.63) is 54.4 Å². The molecule has 2 amide bonds. The van der Waals surface area contributed by atoms with Crippen LogP contribution in [-0.2, 0) is 16.0 Å². The van der Waals surface area contributed by atoms with E-state index >= 15 is 0 Å². The zero-order valence-corrected chi connectivity index (χ0v) is 11.3. The number of benzene rings is 1. The van der Waals surface area contributed by atoms with E-state index in [9.17, 15) is 9.59 Å². The first-order chi connectivity index (χ1) is 9.56. The van der Waals surface area contributed by atoms with Gasteiger partial charge in [0.15, 0.2) is 0 Å². The Labute approximate surface area is 117 Å². The lowest BCUT2D eigenvalue weighted by Crippen LogP contribution is -2.36. The van der Waals surface area contributed by atoms with Crippen LogP contribution in [0.25, 0.3) is 5.69 Å². The van der Waals surface area contributed by atoms with Crippen LogP contribution in [0.5, 0.6) is 0 Å². The van der Waals surface area contributed by atoms with Crippen molar-refractivity contribution >= 4 is 11.8 Å². The number of nitrogens with two attached hydrogens (primary N) is 1. The van der Waals surface area contributed by atoms with Gasteiger partial charge in [0.05, 0.1) is 13.0 Å². The van der Waals surface area contributed by atoms with Crippen molar-refractivity contribution in [1.29, 1.82) is 0 Å². The number of likely N-dealkylation sites (N-methyl/N-ethyl adjacent to an activating group) is 1. The van der Waals surface area contributed by atoms with Crippen molar-refractivity contribution < 1.29 is 9.59 Å². The molecular weight excluding hydrogens is 254 g/mol. The number of amides is 2. The summed E-state index contributed by atoms with van der Waals surface area (Å²) in [5.74, 6) is -0.638. The van der Waals surface area contributed by atoms with Crippen LogP contribution < -0.4 is 5.73 Å². The van der Waals surface area contributed by atoms with E-state index in [2.05, 4.69) is 0 Å². The number of hydrogen-bond acceptors (Lipinski definition) is 2. The van der Waals surface area contributed by atoms with E-state index in [1.165, 1.54) is 4.90 Å². The summed E-state index contributed by atoms with van der Waals surface area (Å²) in [6.45, 7) is -0.0553. The molecule has 20 heavy (non-hydrogen) atoms. The van der Waals surface area contributed by atoms with Crippen LogP contribution in [0.2, 0.25) is 0 Å². The molecule has 0 radical (unpaired) electrons. The Kier molecular flexibility index (Phi) is 4.20. The minimum atomic E-state index is -0.510. The predicted octanol–water partition coefficient (Wildman–Crippen LogP) is 0.963. The lowest BCUT2D eigenvalue weighted by Gasteiger charge is -2.15. The molecule has 1 aromatic carbocycles. The highest BCUT2D eigenvalue weighted by Crippen LogP contribution is 2.11. The fourth-order valence-corrected chi connectivity index (χ4v) is 1.92. The Morgan fingerprint density at radius 2 is 1.75 bits per heavy atom. The lowest BCUT2D eigenvalue weighted by molar-refractivity contribution is -0.133. The van der Waals surface area contributed by atoms with Gasteiger partial charge in [0, 0.05) is 25.1 Å². The summed E-state index contributed by atoms with van der Waals surface area (Å²) < 4.78 is 1.99. The van der Waals surface area contributed by atoms with Gasteiger partial charge in [-0.25, -0.2) is 0 Å². The molecule has 2 aromatic rings. The van der Waals surface area contributed by atoms with Gasteiger partial charge in [-0.3, -0.25) is 9.59 Å². The Balaban J connectivity index is 2.00. The fourth-order valence-electron chi connectivity index (χ4n) is 1.92. The number of primary amides is 1. The van der Waals surface area contributed by atoms with Crippen LogP contribution >= 0.6 is 0 Å². The molecule has 0 atom stereocenters. The molecular formula is C15H17N3O2. The summed E-state index contributed by atoms with van der Waals surface area (Å²) in [5, 5.41) is 0. The van der Waals surface area contributed by atoms with Gasteiger partial charge in [0.1, 0.15) is 0 Å². The van der Waals surface area contributed by atoms with Gasteiger partial charge in [-0.05, 0) is 29.8 Å². The van der Waals surface area contributed by atoms with Crippen molar-refractivity contribution in [3.63, 3.8) is 0 Å². The smallest absolute Gasteiger partial charge is 0.237 e. The Hall–Kier alpha value is -2.56. The van der Waals surface area contributed by atoms with Gasteiger partial charge in [0.25, 0.3) is 0 Å². The third kappa shape index (κ3) is 3.47. The van der Waals surface area contributed by atoms with Gasteiger partial charge >= 0.3 is 0 Å². The predicted molar refractivity (Wildman–Crippen MR) is 76.3 cm³/mol. The van der Waals surface area contributed by atoms with Crippen LogP contribution in [-0.4, -0.2) is 34.9 Å². The zero-order chi connectivity index (χ0) is 14.5. The molecule has 104 valence electrons. The monoisotopic (exact) mass is 271 g/mol. The second-order valence-electron chi connectivity index (χ2n) is 4.65. The summed E-state index contributed by atoms with van der Waals surface area (Å²) in [6, 6.07) is 11.6. The molecule has 0 fully saturated rings. The van der Waals surface area contributed by atoms with E-state index in [0.29, 0.717) is 0 Å². The minimum Gasteiger partial charge on any atom is -0.368 e. The Morgan fingerprint density at radius 3 is 2.30 bits per heavy atom. The molecule has 1 aromatic heterocycles. The Morgan fingerprint density at radius 1 is 1.15 bits per heavy atom. The highest BCUT2D eigenvalue weighted by molar-refractivity contribution is 5.84. The molecule has 0 saturated heterocycles. The summed E-state index contributed by atoms with van der Waals surface area (Å²) in [7, 11) is 1.57. The number of carbonyl (C=O) groups is 2. The summed E-state index contributed by atoms with van der Waals surface area (Å²) >= 11 is 0. The van der Waals surface area contributed by atoms with E-state index in [1.54, 1.807) is 7.05 Å². The van der Waals surface area contributed by atoms with Crippen LogP contribution in [0, 0.1) is 0 Å². The maximum Gasteiger partial charge on any atom is 0.237 e. The number of hydrogen-bond donors (Lipinski definition) is 1. The molecule has 0 unspecified atom stereocenters. The lowest BCUT2D eigenvalue weighted by atomic mass is 10.1. The number of carbonyl (C=O) groups excluding carboxylic acids is 2. The van der Waals surface area contributed by atoms with Gasteiger partial charge in [-0.15, -0.1) is 0 Å². The van der Waals surface area contributed by atoms with Gasteiger partial charge in [-0.1, -0.05) is 12.1 Å². The normalized spacial score (nSPS) is 10.2. The van der Waals surface area contributed by atoms with Crippen LogP contribution in [0.4, 0.5) is 0 Å². The van der Waals surface area contributed by atoms with Crippen molar-refractivity contribution in [1.82, 2.24) is 9.47 Å². The van der Waals surface area contributed by atoms with Crippen molar-refractivity contribution in [2.45, 2.75) is 6.42 Å². The molecule has 5 heteroatoms. The highest BCUT2D eigenvalue weighted by atomic mass is 16.2. The molecule has 2 N–H and O–H groups in total. The molecule has 2 rings (SSSR count). The largest absolute Gasteiger partial charge is 0.368 e. The third-order valence-corrected chi connectivity index (χ3v) is 3.01. The molecule has 0 spiro atoms. The van der Waals surface area contributed by atoms with Crippen LogP contribution in [0.15, 0.2) is 48.8 Å². The standard InChI is InChI=1S/C15H17N3O2/c1-17(11-14(16)19)15(20)10-12-4-6-13(7-5-12)18-8-2-3-9-18/h2-9H,10-11H2,1H3,(H2,16,19). The number of rotatable bonds is 5. The molecule has 0 aliphatic heterocycles. The Bertz CT molecular complexity index is 588. The first-order valence-electron chi connectivity index (χ1n) is 6.31. The van der Waals surface area contributed by atoms with Gasteiger partial charge in [-0.2, -0.15) is 0 Å². The second-order valence-corrected chi connectivity index (χ2v) is 4.65. The molecule has 0 aliphatic carbocycles. The quantitative estimate of drug-likeness (QED) is 0.880. The maximum absolute atomic E-state index is 11.9. The van der Waals surface area contributed by atoms with Crippen molar-refractivity contribution in [2.75, 3.05) is 13.6 Å². The first kappa shape index (κ1) is 13.9. The van der Waals surface area contributed by atoms with Crippen LogP contribution in [0.1, 0.15) is 5.56 Å². The van der Waals surface area contributed by atoms with Gasteiger partial charge < -0.3 is 15.2 Å². The topological polar surface area (TPSA) is 68.3 Å². The van der Waals surface area contributed by atoms with E-state index < -0.39 is 5.91 Å². The average Bonchev–Trinajstić information content (AvgIpc) is 2.92. The maximum atomic E-state index is 11.9. The first-order valence-corrected chi connectivity index (χ1v) is 6.31. The zero-order valence-electron chi connectivity index (χ0n) is 11.3. The number of nitrogens with zero attached hydrogens (tertiary/aromatic N) is 2. The fraction of sp³-hybridized carbons (Fsp3) is 0.200. The van der Waals surface area contributed by atoms with Gasteiger partial charge in [0.2, 0.25) is 11.8 Å². The summed E-state index contributed by atoms with van der Waals surface area (Å²) in [5.41, 5.74) is 7.01. The minimum absolute atomic E-state index is 0.0553. The van der Waals surface area contributed by atoms with Crippen molar-refractivity contribution in [3.8, 4) is 5.69 Å². The highest BCUT2D eigenvalue weighted by Gasteiger charge is 2.11. The molecule has 1 heterocycles.